The van der Waals surface area contributed by atoms with Gasteiger partial charge in [-0.25, -0.2) is 4.79 Å². The molecule has 0 N–H and O–H groups in total. The van der Waals surface area contributed by atoms with Crippen LogP contribution in [0, 0.1) is 13.8 Å². The fraction of sp³-hybridized carbons (Fsp3) is 0.321. The van der Waals surface area contributed by atoms with Gasteiger partial charge in [-0.1, -0.05) is 53.6 Å². The summed E-state index contributed by atoms with van der Waals surface area (Å²) in [5.74, 6) is -0.0154. The van der Waals surface area contributed by atoms with Crippen molar-refractivity contribution in [3.8, 4) is 11.1 Å². The lowest BCUT2D eigenvalue weighted by Crippen LogP contribution is -2.48. The summed E-state index contributed by atoms with van der Waals surface area (Å²) in [5, 5.41) is 3.55. The zero-order chi connectivity index (χ0) is 27.7. The zero-order valence-electron chi connectivity index (χ0n) is 21.7. The molecule has 1 fully saturated rings. The van der Waals surface area contributed by atoms with E-state index in [1.54, 1.807) is 17.9 Å². The number of nitrogens with zero attached hydrogens (tertiary/aromatic N) is 5. The van der Waals surface area contributed by atoms with Gasteiger partial charge < -0.3 is 9.64 Å². The SMILES string of the molecule is Cc1c(CN2CCN(C(=O)OCC3c4ccccc4-c4ccccc43)CC2)cc(N=[N+]=[N-])c(C)c1S(=O)(=O)F. The Balaban J connectivity index is 1.23. The van der Waals surface area contributed by atoms with Crippen LogP contribution in [0.3, 0.4) is 0 Å². The van der Waals surface area contributed by atoms with Crippen molar-refractivity contribution in [1.82, 2.24) is 9.80 Å². The van der Waals surface area contributed by atoms with Crippen LogP contribution >= 0.6 is 0 Å². The van der Waals surface area contributed by atoms with Crippen molar-refractivity contribution in [3.63, 3.8) is 0 Å². The number of fused-ring (bicyclic) bond motifs is 3. The van der Waals surface area contributed by atoms with E-state index in [9.17, 15) is 17.1 Å². The van der Waals surface area contributed by atoms with Crippen LogP contribution < -0.4 is 0 Å². The number of ether oxygens (including phenoxy) is 1. The molecule has 0 bridgehead atoms. The average molecular weight is 550 g/mol. The highest BCUT2D eigenvalue weighted by Crippen LogP contribution is 2.44. The minimum atomic E-state index is -5.01. The Hall–Kier alpha value is -3.92. The van der Waals surface area contributed by atoms with Crippen molar-refractivity contribution in [3.05, 3.63) is 92.9 Å². The summed E-state index contributed by atoms with van der Waals surface area (Å²) in [6.45, 7) is 5.43. The Bertz CT molecular complexity index is 1550. The second kappa shape index (κ2) is 10.7. The Morgan fingerprint density at radius 2 is 1.62 bits per heavy atom. The summed E-state index contributed by atoms with van der Waals surface area (Å²) in [6, 6.07) is 17.9. The maximum atomic E-state index is 14.1. The molecule has 0 radical (unpaired) electrons. The second-order valence-electron chi connectivity index (χ2n) is 9.83. The minimum Gasteiger partial charge on any atom is -0.448 e. The first-order valence-electron chi connectivity index (χ1n) is 12.6. The van der Waals surface area contributed by atoms with Crippen molar-refractivity contribution >= 4 is 22.0 Å². The largest absolute Gasteiger partial charge is 0.448 e. The number of hydrogen-bond acceptors (Lipinski definition) is 6. The molecule has 1 aliphatic carbocycles. The Labute approximate surface area is 226 Å². The molecular formula is C28H28FN5O4S. The number of halogens is 1. The Morgan fingerprint density at radius 1 is 1.03 bits per heavy atom. The highest BCUT2D eigenvalue weighted by Gasteiger charge is 2.31. The molecule has 1 heterocycles. The molecule has 202 valence electrons. The number of carbonyl (C=O) groups excluding carboxylic acids is 1. The quantitative estimate of drug-likeness (QED) is 0.163. The van der Waals surface area contributed by atoms with Crippen LogP contribution in [0.4, 0.5) is 14.4 Å². The fourth-order valence-corrected chi connectivity index (χ4v) is 6.59. The van der Waals surface area contributed by atoms with Gasteiger partial charge in [-0.3, -0.25) is 4.90 Å². The predicted molar refractivity (Wildman–Crippen MR) is 145 cm³/mol. The first-order chi connectivity index (χ1) is 18.7. The molecule has 9 nitrogen and oxygen atoms in total. The van der Waals surface area contributed by atoms with Gasteiger partial charge in [0.2, 0.25) is 0 Å². The maximum absolute atomic E-state index is 14.1. The van der Waals surface area contributed by atoms with Crippen LogP contribution in [0.1, 0.15) is 33.7 Å². The monoisotopic (exact) mass is 549 g/mol. The molecule has 1 amide bonds. The third-order valence-corrected chi connectivity index (χ3v) is 8.71. The van der Waals surface area contributed by atoms with E-state index in [1.165, 1.54) is 18.1 Å². The average Bonchev–Trinajstić information content (AvgIpc) is 3.23. The molecule has 5 rings (SSSR count). The number of piperazine rings is 1. The number of hydrogen-bond donors (Lipinski definition) is 0. The van der Waals surface area contributed by atoms with Crippen LogP contribution in [0.15, 0.2) is 64.6 Å². The number of azide groups is 1. The van der Waals surface area contributed by atoms with E-state index in [0.717, 1.165) is 11.1 Å². The second-order valence-corrected chi connectivity index (χ2v) is 11.1. The van der Waals surface area contributed by atoms with Gasteiger partial charge in [0.25, 0.3) is 0 Å². The van der Waals surface area contributed by atoms with Crippen molar-refractivity contribution in [2.45, 2.75) is 31.2 Å². The Kier molecular flexibility index (Phi) is 7.31. The maximum Gasteiger partial charge on any atom is 0.409 e. The van der Waals surface area contributed by atoms with Crippen molar-refractivity contribution in [2.24, 2.45) is 5.11 Å². The van der Waals surface area contributed by atoms with Crippen molar-refractivity contribution in [1.29, 1.82) is 0 Å². The molecule has 0 spiro atoms. The number of carbonyl (C=O) groups is 1. The summed E-state index contributed by atoms with van der Waals surface area (Å²) in [5.41, 5.74) is 14.5. The number of rotatable bonds is 6. The van der Waals surface area contributed by atoms with E-state index in [2.05, 4.69) is 34.3 Å². The van der Waals surface area contributed by atoms with E-state index in [-0.39, 0.29) is 35.4 Å². The number of amides is 1. The normalized spacial score (nSPS) is 15.4. The first-order valence-corrected chi connectivity index (χ1v) is 14.0. The molecule has 0 unspecified atom stereocenters. The standard InChI is InChI=1S/C28H28FN5O4S/c1-18-20(15-26(31-32-30)19(2)27(18)39(29,36)37)16-33-11-13-34(14-12-33)28(35)38-17-25-23-9-5-3-7-21(23)22-8-4-6-10-24(22)25/h3-10,15,25H,11-14,16-17H2,1-2H3. The van der Waals surface area contributed by atoms with Crippen LogP contribution in [0.5, 0.6) is 0 Å². The first kappa shape index (κ1) is 26.7. The molecule has 3 aromatic carbocycles. The summed E-state index contributed by atoms with van der Waals surface area (Å²) < 4.78 is 43.5. The minimum absolute atomic E-state index is 0.0154. The van der Waals surface area contributed by atoms with Gasteiger partial charge in [0.05, 0.1) is 0 Å². The van der Waals surface area contributed by atoms with Crippen LogP contribution in [-0.2, 0) is 21.5 Å². The van der Waals surface area contributed by atoms with Gasteiger partial charge in [-0.05, 0) is 64.4 Å². The summed E-state index contributed by atoms with van der Waals surface area (Å²) in [7, 11) is -5.01. The van der Waals surface area contributed by atoms with E-state index < -0.39 is 15.1 Å². The molecular weight excluding hydrogens is 521 g/mol. The van der Waals surface area contributed by atoms with E-state index >= 15 is 0 Å². The number of benzene rings is 3. The van der Waals surface area contributed by atoms with Gasteiger partial charge in [-0.2, -0.15) is 8.42 Å². The van der Waals surface area contributed by atoms with E-state index in [1.807, 2.05) is 29.2 Å². The summed E-state index contributed by atoms with van der Waals surface area (Å²) in [4.78, 5) is 18.9. The van der Waals surface area contributed by atoms with Gasteiger partial charge in [0, 0.05) is 49.2 Å². The lowest BCUT2D eigenvalue weighted by Gasteiger charge is -2.34. The highest BCUT2D eigenvalue weighted by atomic mass is 32.3. The third kappa shape index (κ3) is 5.21. The lowest BCUT2D eigenvalue weighted by atomic mass is 9.98. The third-order valence-electron chi connectivity index (χ3n) is 7.61. The topological polar surface area (TPSA) is 116 Å². The smallest absolute Gasteiger partial charge is 0.409 e. The van der Waals surface area contributed by atoms with Gasteiger partial charge in [-0.15, -0.1) is 3.89 Å². The van der Waals surface area contributed by atoms with Crippen molar-refractivity contribution < 1.29 is 21.8 Å². The molecule has 39 heavy (non-hydrogen) atoms. The lowest BCUT2D eigenvalue weighted by molar-refractivity contribution is 0.0728. The van der Waals surface area contributed by atoms with E-state index in [0.29, 0.717) is 38.3 Å². The van der Waals surface area contributed by atoms with Crippen LogP contribution in [0.25, 0.3) is 21.6 Å². The van der Waals surface area contributed by atoms with Gasteiger partial charge >= 0.3 is 16.3 Å². The molecule has 11 heteroatoms. The highest BCUT2D eigenvalue weighted by molar-refractivity contribution is 7.86. The molecule has 1 saturated heterocycles. The fourth-order valence-electron chi connectivity index (χ4n) is 5.62. The molecule has 3 aromatic rings. The molecule has 0 aromatic heterocycles. The van der Waals surface area contributed by atoms with Crippen LogP contribution in [-0.4, -0.2) is 57.1 Å². The van der Waals surface area contributed by atoms with Gasteiger partial charge in [0.15, 0.2) is 0 Å². The van der Waals surface area contributed by atoms with Crippen LogP contribution in [0.2, 0.25) is 0 Å². The molecule has 1 aliphatic heterocycles. The predicted octanol–water partition coefficient (Wildman–Crippen LogP) is 5.97. The molecule has 0 saturated carbocycles. The molecule has 0 atom stereocenters. The van der Waals surface area contributed by atoms with Gasteiger partial charge in [0.1, 0.15) is 11.5 Å². The van der Waals surface area contributed by atoms with Crippen molar-refractivity contribution in [2.75, 3.05) is 32.8 Å². The Morgan fingerprint density at radius 3 is 2.18 bits per heavy atom. The van der Waals surface area contributed by atoms with E-state index in [4.69, 9.17) is 10.3 Å². The zero-order valence-corrected chi connectivity index (χ0v) is 22.5. The molecule has 2 aliphatic rings. The summed E-state index contributed by atoms with van der Waals surface area (Å²) in [6.07, 6.45) is -0.375. The summed E-state index contributed by atoms with van der Waals surface area (Å²) >= 11 is 0.